The Morgan fingerprint density at radius 1 is 0.387 bits per heavy atom. The lowest BCUT2D eigenvalue weighted by Crippen LogP contribution is -2.28. The lowest BCUT2D eigenvalue weighted by molar-refractivity contribution is -0.161. The Balaban J connectivity index is 3.60. The molecule has 0 aliphatic carbocycles. The first-order valence-electron chi connectivity index (χ1n) is 25.8. The molecule has 5 heteroatoms. The van der Waals surface area contributed by atoms with Crippen molar-refractivity contribution < 1.29 is 24.2 Å². The van der Waals surface area contributed by atoms with E-state index in [9.17, 15) is 14.7 Å². The third-order valence-electron chi connectivity index (χ3n) is 10.9. The normalized spacial score (nSPS) is 13.0. The number of rotatable bonds is 46. The molecule has 0 radical (unpaired) electrons. The summed E-state index contributed by atoms with van der Waals surface area (Å²) in [5.74, 6) is -0.617. The van der Waals surface area contributed by atoms with Gasteiger partial charge in [-0.25, -0.2) is 0 Å². The van der Waals surface area contributed by atoms with Crippen molar-refractivity contribution in [2.24, 2.45) is 0 Å². The molecule has 1 unspecified atom stereocenters. The van der Waals surface area contributed by atoms with Crippen molar-refractivity contribution in [1.82, 2.24) is 0 Å². The number of esters is 2. The number of carbonyl (C=O) groups is 2. The Labute approximate surface area is 383 Å². The average molecular weight is 861 g/mol. The van der Waals surface area contributed by atoms with Crippen molar-refractivity contribution in [2.75, 3.05) is 13.2 Å². The predicted molar refractivity (Wildman–Crippen MR) is 269 cm³/mol. The smallest absolute Gasteiger partial charge is 0.306 e. The highest BCUT2D eigenvalue weighted by molar-refractivity contribution is 5.70. The van der Waals surface area contributed by atoms with E-state index in [-0.39, 0.29) is 25.2 Å². The average Bonchev–Trinajstić information content (AvgIpc) is 3.28. The van der Waals surface area contributed by atoms with E-state index in [1.165, 1.54) is 103 Å². The minimum absolute atomic E-state index is 0.0796. The molecule has 0 bridgehead atoms. The maximum absolute atomic E-state index is 12.3. The largest absolute Gasteiger partial charge is 0.462 e. The van der Waals surface area contributed by atoms with Gasteiger partial charge in [-0.3, -0.25) is 9.59 Å². The van der Waals surface area contributed by atoms with Gasteiger partial charge in [0.2, 0.25) is 0 Å². The van der Waals surface area contributed by atoms with E-state index in [4.69, 9.17) is 9.47 Å². The van der Waals surface area contributed by atoms with Crippen LogP contribution in [0.1, 0.15) is 232 Å². The molecule has 0 saturated carbocycles. The fourth-order valence-electron chi connectivity index (χ4n) is 7.00. The summed E-state index contributed by atoms with van der Waals surface area (Å²) in [6.07, 6.45) is 73.5. The Morgan fingerprint density at radius 2 is 0.694 bits per heavy atom. The van der Waals surface area contributed by atoms with Crippen molar-refractivity contribution in [1.29, 1.82) is 0 Å². The number of allylic oxidation sites excluding steroid dienone is 16. The third-order valence-corrected chi connectivity index (χ3v) is 10.9. The highest BCUT2D eigenvalue weighted by atomic mass is 16.6. The molecule has 1 atom stereocenters. The fourth-order valence-corrected chi connectivity index (χ4v) is 7.00. The van der Waals surface area contributed by atoms with Gasteiger partial charge in [-0.15, -0.1) is 0 Å². The van der Waals surface area contributed by atoms with Crippen LogP contribution in [0.4, 0.5) is 0 Å². The van der Waals surface area contributed by atoms with Crippen molar-refractivity contribution in [3.63, 3.8) is 0 Å². The second-order valence-corrected chi connectivity index (χ2v) is 16.9. The van der Waals surface area contributed by atoms with Crippen molar-refractivity contribution >= 4 is 11.9 Å². The van der Waals surface area contributed by atoms with Crippen LogP contribution < -0.4 is 0 Å². The van der Waals surface area contributed by atoms with Gasteiger partial charge in [-0.05, 0) is 96.3 Å². The van der Waals surface area contributed by atoms with Crippen LogP contribution in [0.15, 0.2) is 97.2 Å². The SMILES string of the molecule is CC/C=C\C/C=C\C/C=C\C/C=C\C/C=C\C/C=C\C/C=C\CCCCCCCC(=O)OC(CO)COC(=O)CCCCCCCCCCC/C=C\CCCCCCCCCC. The van der Waals surface area contributed by atoms with Gasteiger partial charge in [0.1, 0.15) is 6.61 Å². The lowest BCUT2D eigenvalue weighted by Gasteiger charge is -2.15. The van der Waals surface area contributed by atoms with E-state index in [1.54, 1.807) is 0 Å². The van der Waals surface area contributed by atoms with Crippen LogP contribution >= 0.6 is 0 Å². The van der Waals surface area contributed by atoms with Gasteiger partial charge in [-0.2, -0.15) is 0 Å². The molecular formula is C57H96O5. The molecule has 0 aliphatic rings. The van der Waals surface area contributed by atoms with Crippen LogP contribution in [-0.4, -0.2) is 36.4 Å². The van der Waals surface area contributed by atoms with E-state index in [1.807, 2.05) is 0 Å². The molecule has 0 aliphatic heterocycles. The van der Waals surface area contributed by atoms with Crippen LogP contribution in [0.25, 0.3) is 0 Å². The summed E-state index contributed by atoms with van der Waals surface area (Å²) in [7, 11) is 0. The maximum atomic E-state index is 12.3. The van der Waals surface area contributed by atoms with E-state index < -0.39 is 6.10 Å². The van der Waals surface area contributed by atoms with Crippen LogP contribution in [0.2, 0.25) is 0 Å². The van der Waals surface area contributed by atoms with Crippen LogP contribution in [0.5, 0.6) is 0 Å². The monoisotopic (exact) mass is 861 g/mol. The number of hydrogen-bond acceptors (Lipinski definition) is 5. The molecule has 0 saturated heterocycles. The summed E-state index contributed by atoms with van der Waals surface area (Å²) in [6, 6.07) is 0. The van der Waals surface area contributed by atoms with Gasteiger partial charge < -0.3 is 14.6 Å². The van der Waals surface area contributed by atoms with Gasteiger partial charge >= 0.3 is 11.9 Å². The number of aliphatic hydroxyl groups excluding tert-OH is 1. The number of unbranched alkanes of at least 4 members (excludes halogenated alkanes) is 22. The molecule has 0 amide bonds. The van der Waals surface area contributed by atoms with Crippen LogP contribution in [0.3, 0.4) is 0 Å². The van der Waals surface area contributed by atoms with Gasteiger partial charge in [0.15, 0.2) is 6.10 Å². The predicted octanol–water partition coefficient (Wildman–Crippen LogP) is 17.2. The highest BCUT2D eigenvalue weighted by Crippen LogP contribution is 2.14. The Bertz CT molecular complexity index is 1200. The Hall–Kier alpha value is -3.18. The summed E-state index contributed by atoms with van der Waals surface area (Å²) in [5, 5.41) is 9.63. The molecule has 1 N–H and O–H groups in total. The van der Waals surface area contributed by atoms with Crippen molar-refractivity contribution in [3.05, 3.63) is 97.2 Å². The van der Waals surface area contributed by atoms with Gasteiger partial charge in [0, 0.05) is 12.8 Å². The molecule has 0 aromatic rings. The molecule has 5 nitrogen and oxygen atoms in total. The zero-order valence-corrected chi connectivity index (χ0v) is 40.4. The quantitative estimate of drug-likeness (QED) is 0.0375. The summed E-state index contributed by atoms with van der Waals surface area (Å²) < 4.78 is 10.7. The minimum Gasteiger partial charge on any atom is -0.462 e. The molecule has 0 spiro atoms. The summed E-state index contributed by atoms with van der Waals surface area (Å²) in [5.41, 5.74) is 0. The zero-order valence-electron chi connectivity index (χ0n) is 40.4. The highest BCUT2D eigenvalue weighted by Gasteiger charge is 2.16. The summed E-state index contributed by atoms with van der Waals surface area (Å²) >= 11 is 0. The molecule has 0 aromatic carbocycles. The topological polar surface area (TPSA) is 72.8 Å². The number of carbonyl (C=O) groups excluding carboxylic acids is 2. The van der Waals surface area contributed by atoms with Gasteiger partial charge in [0.25, 0.3) is 0 Å². The summed E-state index contributed by atoms with van der Waals surface area (Å²) in [6.45, 7) is 4.01. The number of ether oxygens (including phenoxy) is 2. The molecule has 354 valence electrons. The van der Waals surface area contributed by atoms with E-state index in [0.717, 1.165) is 103 Å². The van der Waals surface area contributed by atoms with E-state index >= 15 is 0 Å². The number of hydrogen-bond donors (Lipinski definition) is 1. The van der Waals surface area contributed by atoms with E-state index in [2.05, 4.69) is 111 Å². The van der Waals surface area contributed by atoms with Crippen molar-refractivity contribution in [3.8, 4) is 0 Å². The second kappa shape index (κ2) is 52.2. The molecule has 0 rings (SSSR count). The standard InChI is InChI=1S/C57H96O5/c1-3-5-7-9-11-13-15-17-19-21-23-25-26-27-28-29-30-32-34-36-38-40-42-44-46-48-50-52-57(60)62-55(53-58)54-61-56(59)51-49-47-45-43-41-39-37-35-33-31-24-22-20-18-16-14-12-10-8-6-4-2/h5,7,11,13,17,19,22-25,27-28,30,32,36,38,55,58H,3-4,6,8-10,12,14-16,18,20-21,26,29,31,33-35,37,39-54H2,1-2H3/b7-5-,13-11-,19-17-,24-22-,25-23-,28-27-,32-30-,38-36-. The van der Waals surface area contributed by atoms with Crippen LogP contribution in [-0.2, 0) is 19.1 Å². The Morgan fingerprint density at radius 3 is 1.06 bits per heavy atom. The number of aliphatic hydroxyl groups is 1. The second-order valence-electron chi connectivity index (χ2n) is 16.9. The first kappa shape index (κ1) is 58.8. The molecule has 0 fully saturated rings. The lowest BCUT2D eigenvalue weighted by atomic mass is 10.1. The molecular weight excluding hydrogens is 765 g/mol. The Kier molecular flexibility index (Phi) is 49.5. The molecule has 0 heterocycles. The first-order valence-corrected chi connectivity index (χ1v) is 25.8. The minimum atomic E-state index is -0.790. The van der Waals surface area contributed by atoms with E-state index in [0.29, 0.717) is 12.8 Å². The third kappa shape index (κ3) is 49.5. The summed E-state index contributed by atoms with van der Waals surface area (Å²) in [4.78, 5) is 24.5. The first-order chi connectivity index (χ1) is 30.6. The molecule has 0 aromatic heterocycles. The van der Waals surface area contributed by atoms with Crippen molar-refractivity contribution in [2.45, 2.75) is 238 Å². The maximum Gasteiger partial charge on any atom is 0.306 e. The fraction of sp³-hybridized carbons (Fsp3) is 0.684. The zero-order chi connectivity index (χ0) is 44.9. The van der Waals surface area contributed by atoms with Crippen LogP contribution in [0, 0.1) is 0 Å². The molecule has 62 heavy (non-hydrogen) atoms. The van der Waals surface area contributed by atoms with Gasteiger partial charge in [0.05, 0.1) is 6.61 Å². The van der Waals surface area contributed by atoms with Gasteiger partial charge in [-0.1, -0.05) is 220 Å².